The van der Waals surface area contributed by atoms with Crippen molar-refractivity contribution >= 4 is 28.1 Å². The molecule has 0 saturated heterocycles. The summed E-state index contributed by atoms with van der Waals surface area (Å²) in [5.74, 6) is -0.823. The first kappa shape index (κ1) is 21.2. The lowest BCUT2D eigenvalue weighted by molar-refractivity contribution is -0.447. The highest BCUT2D eigenvalue weighted by Gasteiger charge is 2.22. The molecule has 25 heavy (non-hydrogen) atoms. The molecule has 1 aromatic carbocycles. The molecule has 0 bridgehead atoms. The molecule has 0 heterocycles. The van der Waals surface area contributed by atoms with Crippen LogP contribution in [0.1, 0.15) is 36.7 Å². The first-order valence-corrected chi connectivity index (χ1v) is 9.25. The van der Waals surface area contributed by atoms with Crippen molar-refractivity contribution in [1.29, 1.82) is 5.26 Å². The summed E-state index contributed by atoms with van der Waals surface area (Å²) < 4.78 is 37.9. The zero-order valence-electron chi connectivity index (χ0n) is 14.0. The van der Waals surface area contributed by atoms with Crippen molar-refractivity contribution in [2.24, 2.45) is 0 Å². The SMILES string of the molecule is COOOSCS(=O)(=O)Oc1ccc(C(=O)OC(C)(C)C)c(C#N)c1. The predicted octanol–water partition coefficient (Wildman–Crippen LogP) is 2.34. The van der Waals surface area contributed by atoms with Gasteiger partial charge in [-0.2, -0.15) is 13.7 Å². The molecule has 0 saturated carbocycles. The Balaban J connectivity index is 2.88. The minimum atomic E-state index is -4.03. The van der Waals surface area contributed by atoms with Crippen molar-refractivity contribution in [1.82, 2.24) is 0 Å². The Morgan fingerprint density at radius 3 is 2.56 bits per heavy atom. The number of hydrogen-bond acceptors (Lipinski definition) is 10. The van der Waals surface area contributed by atoms with Gasteiger partial charge < -0.3 is 8.92 Å². The van der Waals surface area contributed by atoms with E-state index in [9.17, 15) is 18.5 Å². The molecule has 1 rings (SSSR count). The number of esters is 1. The highest BCUT2D eigenvalue weighted by Crippen LogP contribution is 2.22. The van der Waals surface area contributed by atoms with E-state index in [1.54, 1.807) is 26.8 Å². The molecular weight excluding hydrogens is 374 g/mol. The van der Waals surface area contributed by atoms with E-state index in [2.05, 4.69) is 14.3 Å². The summed E-state index contributed by atoms with van der Waals surface area (Å²) in [6.07, 6.45) is 0. The first-order chi connectivity index (χ1) is 11.6. The molecule has 0 fully saturated rings. The lowest BCUT2D eigenvalue weighted by Gasteiger charge is -2.19. The fourth-order valence-electron chi connectivity index (χ4n) is 1.48. The first-order valence-electron chi connectivity index (χ1n) is 6.76. The second kappa shape index (κ2) is 9.02. The van der Waals surface area contributed by atoms with Gasteiger partial charge >= 0.3 is 16.1 Å². The number of hydrogen-bond donors (Lipinski definition) is 0. The largest absolute Gasteiger partial charge is 0.456 e. The Hall–Kier alpha value is -1.84. The second-order valence-electron chi connectivity index (χ2n) is 5.50. The van der Waals surface area contributed by atoms with Crippen molar-refractivity contribution in [3.63, 3.8) is 0 Å². The van der Waals surface area contributed by atoms with Gasteiger partial charge in [-0.3, -0.25) is 0 Å². The summed E-state index contributed by atoms with van der Waals surface area (Å²) >= 11 is 0.429. The zero-order valence-corrected chi connectivity index (χ0v) is 15.6. The molecule has 138 valence electrons. The van der Waals surface area contributed by atoms with Crippen molar-refractivity contribution in [2.75, 3.05) is 12.2 Å². The van der Waals surface area contributed by atoms with Crippen molar-refractivity contribution in [3.05, 3.63) is 29.3 Å². The van der Waals surface area contributed by atoms with E-state index in [1.807, 2.05) is 0 Å². The van der Waals surface area contributed by atoms with E-state index in [1.165, 1.54) is 19.2 Å². The average molecular weight is 391 g/mol. The van der Waals surface area contributed by atoms with Crippen LogP contribution in [0.25, 0.3) is 0 Å². The molecule has 0 aliphatic heterocycles. The normalized spacial score (nSPS) is 11.6. The van der Waals surface area contributed by atoms with Crippen LogP contribution in [-0.4, -0.2) is 32.2 Å². The summed E-state index contributed by atoms with van der Waals surface area (Å²) in [7, 11) is -2.84. The maximum Gasteiger partial charge on any atom is 0.340 e. The second-order valence-corrected chi connectivity index (χ2v) is 8.10. The van der Waals surface area contributed by atoms with Crippen LogP contribution < -0.4 is 4.18 Å². The number of nitrogens with zero attached hydrogens (tertiary/aromatic N) is 1. The molecule has 1 aromatic rings. The van der Waals surface area contributed by atoms with Gasteiger partial charge in [-0.1, -0.05) is 5.04 Å². The third-order valence-electron chi connectivity index (χ3n) is 2.29. The molecular formula is C14H17NO8S2. The van der Waals surface area contributed by atoms with E-state index >= 15 is 0 Å². The number of carbonyl (C=O) groups is 1. The molecule has 0 atom stereocenters. The van der Waals surface area contributed by atoms with Crippen LogP contribution in [0.2, 0.25) is 0 Å². The quantitative estimate of drug-likeness (QED) is 0.163. The molecule has 9 nitrogen and oxygen atoms in total. The number of nitriles is 1. The standard InChI is InChI=1S/C14H17NO8S2/c1-14(2,3)20-13(16)12-6-5-11(7-10(12)8-15)21-25(17,18)9-24-23-22-19-4/h5-7H,9H2,1-4H3. The lowest BCUT2D eigenvalue weighted by Crippen LogP contribution is -2.24. The summed E-state index contributed by atoms with van der Waals surface area (Å²) in [5, 5.41) is 12.6. The molecule has 0 spiro atoms. The van der Waals surface area contributed by atoms with Gasteiger partial charge in [-0.15, -0.1) is 4.33 Å². The fourth-order valence-corrected chi connectivity index (χ4v) is 2.79. The summed E-state index contributed by atoms with van der Waals surface area (Å²) in [6.45, 7) is 5.07. The predicted molar refractivity (Wildman–Crippen MR) is 87.5 cm³/mol. The molecule has 0 radical (unpaired) electrons. The van der Waals surface area contributed by atoms with E-state index in [4.69, 9.17) is 8.92 Å². The Morgan fingerprint density at radius 1 is 1.32 bits per heavy atom. The molecule has 0 aliphatic carbocycles. The van der Waals surface area contributed by atoms with Crippen molar-refractivity contribution < 1.29 is 36.4 Å². The highest BCUT2D eigenvalue weighted by atomic mass is 32.3. The van der Waals surface area contributed by atoms with Crippen LogP contribution in [0.15, 0.2) is 18.2 Å². The van der Waals surface area contributed by atoms with Gasteiger partial charge in [0.2, 0.25) is 0 Å². The van der Waals surface area contributed by atoms with Gasteiger partial charge in [-0.05, 0) is 32.9 Å². The minimum Gasteiger partial charge on any atom is -0.456 e. The Kier molecular flexibility index (Phi) is 7.65. The zero-order chi connectivity index (χ0) is 19.1. The third-order valence-corrected chi connectivity index (χ3v) is 4.43. The van der Waals surface area contributed by atoms with Gasteiger partial charge in [0.1, 0.15) is 17.4 Å². The average Bonchev–Trinajstić information content (AvgIpc) is 2.49. The Morgan fingerprint density at radius 2 is 2.00 bits per heavy atom. The minimum absolute atomic E-state index is 0.00776. The maximum atomic E-state index is 12.1. The molecule has 0 aliphatic rings. The van der Waals surface area contributed by atoms with E-state index < -0.39 is 26.8 Å². The van der Waals surface area contributed by atoms with Gasteiger partial charge in [-0.25, -0.2) is 9.68 Å². The van der Waals surface area contributed by atoms with Crippen LogP contribution in [0, 0.1) is 11.3 Å². The van der Waals surface area contributed by atoms with Crippen molar-refractivity contribution in [3.8, 4) is 11.8 Å². The van der Waals surface area contributed by atoms with Gasteiger partial charge in [0.25, 0.3) is 0 Å². The number of benzene rings is 1. The Labute approximate surface area is 149 Å². The topological polar surface area (TPSA) is 121 Å². The monoisotopic (exact) mass is 391 g/mol. The summed E-state index contributed by atoms with van der Waals surface area (Å²) in [6, 6.07) is 5.44. The third kappa shape index (κ3) is 7.72. The maximum absolute atomic E-state index is 12.1. The molecule has 0 aromatic heterocycles. The molecule has 11 heteroatoms. The van der Waals surface area contributed by atoms with E-state index in [0.29, 0.717) is 12.0 Å². The van der Waals surface area contributed by atoms with Gasteiger partial charge in [0, 0.05) is 6.07 Å². The van der Waals surface area contributed by atoms with Crippen LogP contribution in [0.4, 0.5) is 0 Å². The Bertz CT molecular complexity index is 749. The molecule has 0 N–H and O–H groups in total. The highest BCUT2D eigenvalue weighted by molar-refractivity contribution is 8.08. The number of ether oxygens (including phenoxy) is 1. The van der Waals surface area contributed by atoms with Crippen molar-refractivity contribution in [2.45, 2.75) is 26.4 Å². The number of rotatable bonds is 8. The van der Waals surface area contributed by atoms with E-state index in [-0.39, 0.29) is 16.9 Å². The van der Waals surface area contributed by atoms with E-state index in [0.717, 1.165) is 6.07 Å². The fraction of sp³-hybridized carbons (Fsp3) is 0.429. The molecule has 0 unspecified atom stereocenters. The summed E-state index contributed by atoms with van der Waals surface area (Å²) in [5.41, 5.74) is -0.800. The molecule has 0 amide bonds. The summed E-state index contributed by atoms with van der Waals surface area (Å²) in [4.78, 5) is 16.2. The smallest absolute Gasteiger partial charge is 0.340 e. The van der Waals surface area contributed by atoms with Crippen LogP contribution in [0.3, 0.4) is 0 Å². The number of carbonyl (C=O) groups excluding carboxylic acids is 1. The lowest BCUT2D eigenvalue weighted by atomic mass is 10.1. The van der Waals surface area contributed by atoms with Crippen LogP contribution in [-0.2, 0) is 29.1 Å². The van der Waals surface area contributed by atoms with Gasteiger partial charge in [0.05, 0.1) is 30.3 Å². The van der Waals surface area contributed by atoms with Gasteiger partial charge in [0.15, 0.2) is 5.08 Å². The van der Waals surface area contributed by atoms with Crippen LogP contribution >= 0.6 is 12.0 Å². The van der Waals surface area contributed by atoms with Crippen LogP contribution in [0.5, 0.6) is 5.75 Å².